The van der Waals surface area contributed by atoms with E-state index in [0.29, 0.717) is 6.04 Å². The van der Waals surface area contributed by atoms with Gasteiger partial charge in [-0.15, -0.1) is 0 Å². The minimum absolute atomic E-state index is 0.189. The zero-order valence-corrected chi connectivity index (χ0v) is 14.5. The molecule has 0 aromatic carbocycles. The molecule has 124 valence electrons. The molecule has 0 bridgehead atoms. The molecule has 1 aliphatic carbocycles. The molecule has 1 saturated carbocycles. The third kappa shape index (κ3) is 3.83. The highest BCUT2D eigenvalue weighted by Gasteiger charge is 2.31. The number of nitrogens with zero attached hydrogens (tertiary/aromatic N) is 3. The van der Waals surface area contributed by atoms with Crippen LogP contribution in [0.3, 0.4) is 0 Å². The van der Waals surface area contributed by atoms with Crippen LogP contribution < -0.4 is 0 Å². The third-order valence-electron chi connectivity index (χ3n) is 4.75. The van der Waals surface area contributed by atoms with Gasteiger partial charge in [-0.25, -0.2) is 0 Å². The summed E-state index contributed by atoms with van der Waals surface area (Å²) in [7, 11) is 0. The molecular formula is C18H25N3OS. The van der Waals surface area contributed by atoms with Gasteiger partial charge in [0, 0.05) is 25.0 Å². The first-order valence-electron chi connectivity index (χ1n) is 8.60. The van der Waals surface area contributed by atoms with Gasteiger partial charge in [-0.05, 0) is 47.7 Å². The summed E-state index contributed by atoms with van der Waals surface area (Å²) < 4.78 is 1.81. The Morgan fingerprint density at radius 2 is 2.26 bits per heavy atom. The normalized spacial score (nSPS) is 17.1. The van der Waals surface area contributed by atoms with E-state index >= 15 is 0 Å². The molecular weight excluding hydrogens is 306 g/mol. The van der Waals surface area contributed by atoms with Gasteiger partial charge >= 0.3 is 0 Å². The van der Waals surface area contributed by atoms with E-state index in [2.05, 4.69) is 33.7 Å². The monoisotopic (exact) mass is 331 g/mol. The molecule has 1 amide bonds. The minimum Gasteiger partial charge on any atom is -0.334 e. The molecule has 0 radical (unpaired) electrons. The van der Waals surface area contributed by atoms with Crippen LogP contribution in [0.5, 0.6) is 0 Å². The molecule has 0 aliphatic heterocycles. The van der Waals surface area contributed by atoms with E-state index in [1.54, 1.807) is 17.5 Å². The molecule has 23 heavy (non-hydrogen) atoms. The van der Waals surface area contributed by atoms with Crippen LogP contribution >= 0.6 is 11.3 Å². The van der Waals surface area contributed by atoms with E-state index in [1.807, 2.05) is 16.9 Å². The highest BCUT2D eigenvalue weighted by Crippen LogP contribution is 2.27. The molecule has 2 aromatic heterocycles. The molecule has 2 aromatic rings. The Morgan fingerprint density at radius 1 is 1.43 bits per heavy atom. The number of amides is 1. The maximum atomic E-state index is 13.3. The Hall–Kier alpha value is -1.62. The fourth-order valence-electron chi connectivity index (χ4n) is 3.49. The molecule has 0 saturated heterocycles. The van der Waals surface area contributed by atoms with Crippen molar-refractivity contribution in [2.75, 3.05) is 0 Å². The second-order valence-electron chi connectivity index (χ2n) is 6.30. The van der Waals surface area contributed by atoms with E-state index in [0.717, 1.165) is 25.8 Å². The Bertz CT molecular complexity index is 588. The van der Waals surface area contributed by atoms with Gasteiger partial charge in [-0.1, -0.05) is 26.2 Å². The largest absolute Gasteiger partial charge is 0.334 e. The summed E-state index contributed by atoms with van der Waals surface area (Å²) >= 11 is 1.70. The SMILES string of the molecule is CC[C@@H](C(=O)N(Cc1ccsc1)C1CCCCC1)n1cccn1. The standard InChI is InChI=1S/C18H25N3OS/c1-2-17(21-11-6-10-19-21)18(22)20(13-15-9-12-23-14-15)16-7-4-3-5-8-16/h6,9-12,14,16-17H,2-5,7-8,13H2,1H3/t17-/m0/s1. The zero-order valence-electron chi connectivity index (χ0n) is 13.7. The van der Waals surface area contributed by atoms with Gasteiger partial charge in [0.2, 0.25) is 5.91 Å². The summed E-state index contributed by atoms with van der Waals surface area (Å²) in [4.78, 5) is 15.4. The van der Waals surface area contributed by atoms with Crippen molar-refractivity contribution in [3.05, 3.63) is 40.8 Å². The lowest BCUT2D eigenvalue weighted by atomic mass is 9.93. The van der Waals surface area contributed by atoms with E-state index < -0.39 is 0 Å². The molecule has 3 rings (SSSR count). The predicted octanol–water partition coefficient (Wildman–Crippen LogP) is 4.26. The number of thiophene rings is 1. The van der Waals surface area contributed by atoms with E-state index in [1.165, 1.54) is 24.8 Å². The Balaban J connectivity index is 1.82. The number of rotatable bonds is 6. The van der Waals surface area contributed by atoms with Crippen molar-refractivity contribution in [1.82, 2.24) is 14.7 Å². The van der Waals surface area contributed by atoms with E-state index in [-0.39, 0.29) is 11.9 Å². The van der Waals surface area contributed by atoms with Crippen molar-refractivity contribution < 1.29 is 4.79 Å². The van der Waals surface area contributed by atoms with Crippen LogP contribution in [-0.2, 0) is 11.3 Å². The van der Waals surface area contributed by atoms with Crippen molar-refractivity contribution in [1.29, 1.82) is 0 Å². The van der Waals surface area contributed by atoms with Crippen LogP contribution in [0.25, 0.3) is 0 Å². The minimum atomic E-state index is -0.189. The van der Waals surface area contributed by atoms with Crippen molar-refractivity contribution in [2.45, 2.75) is 64.1 Å². The zero-order chi connectivity index (χ0) is 16.1. The van der Waals surface area contributed by atoms with E-state index in [9.17, 15) is 4.79 Å². The first-order chi connectivity index (χ1) is 11.3. The summed E-state index contributed by atoms with van der Waals surface area (Å²) in [5.74, 6) is 0.217. The van der Waals surface area contributed by atoms with Crippen LogP contribution in [0.15, 0.2) is 35.3 Å². The number of hydrogen-bond donors (Lipinski definition) is 0. The second kappa shape index (κ2) is 7.77. The highest BCUT2D eigenvalue weighted by atomic mass is 32.1. The van der Waals surface area contributed by atoms with Gasteiger partial charge in [0.15, 0.2) is 0 Å². The highest BCUT2D eigenvalue weighted by molar-refractivity contribution is 7.07. The third-order valence-corrected chi connectivity index (χ3v) is 5.48. The summed E-state index contributed by atoms with van der Waals surface area (Å²) in [6, 6.07) is 4.20. The van der Waals surface area contributed by atoms with E-state index in [4.69, 9.17) is 0 Å². The lowest BCUT2D eigenvalue weighted by Gasteiger charge is -2.36. The van der Waals surface area contributed by atoms with Gasteiger partial charge in [0.25, 0.3) is 0 Å². The molecule has 4 nitrogen and oxygen atoms in total. The fourth-order valence-corrected chi connectivity index (χ4v) is 4.15. The average molecular weight is 331 g/mol. The summed E-state index contributed by atoms with van der Waals surface area (Å²) in [6.07, 6.45) is 10.4. The first kappa shape index (κ1) is 16.2. The molecule has 2 heterocycles. The predicted molar refractivity (Wildman–Crippen MR) is 93.3 cm³/mol. The Labute approximate surface area is 142 Å². The summed E-state index contributed by atoms with van der Waals surface area (Å²) in [5, 5.41) is 8.54. The van der Waals surface area contributed by atoms with Crippen LogP contribution in [-0.4, -0.2) is 26.6 Å². The molecule has 1 aliphatic rings. The topological polar surface area (TPSA) is 38.1 Å². The first-order valence-corrected chi connectivity index (χ1v) is 9.54. The fraction of sp³-hybridized carbons (Fsp3) is 0.556. The van der Waals surface area contributed by atoms with Crippen LogP contribution in [0.2, 0.25) is 0 Å². The lowest BCUT2D eigenvalue weighted by molar-refractivity contribution is -0.139. The number of carbonyl (C=O) groups is 1. The van der Waals surface area contributed by atoms with Crippen LogP contribution in [0.4, 0.5) is 0 Å². The van der Waals surface area contributed by atoms with Crippen molar-refractivity contribution in [3.63, 3.8) is 0 Å². The second-order valence-corrected chi connectivity index (χ2v) is 7.08. The van der Waals surface area contributed by atoms with Crippen molar-refractivity contribution >= 4 is 17.2 Å². The Morgan fingerprint density at radius 3 is 2.87 bits per heavy atom. The van der Waals surface area contributed by atoms with Crippen molar-refractivity contribution in [3.8, 4) is 0 Å². The molecule has 0 unspecified atom stereocenters. The summed E-state index contributed by atoms with van der Waals surface area (Å²) in [5.41, 5.74) is 1.24. The maximum absolute atomic E-state index is 13.3. The van der Waals surface area contributed by atoms with Gasteiger partial charge in [0.1, 0.15) is 6.04 Å². The van der Waals surface area contributed by atoms with Gasteiger partial charge in [-0.3, -0.25) is 9.48 Å². The Kier molecular flexibility index (Phi) is 5.49. The van der Waals surface area contributed by atoms with Gasteiger partial charge in [0.05, 0.1) is 0 Å². The van der Waals surface area contributed by atoms with Crippen LogP contribution in [0, 0.1) is 0 Å². The average Bonchev–Trinajstić information content (AvgIpc) is 3.28. The molecule has 1 fully saturated rings. The number of hydrogen-bond acceptors (Lipinski definition) is 3. The molecule has 5 heteroatoms. The molecule has 0 spiro atoms. The van der Waals surface area contributed by atoms with Crippen LogP contribution in [0.1, 0.15) is 57.1 Å². The smallest absolute Gasteiger partial charge is 0.247 e. The number of carbonyl (C=O) groups excluding carboxylic acids is 1. The van der Waals surface area contributed by atoms with Gasteiger partial charge < -0.3 is 4.90 Å². The summed E-state index contributed by atoms with van der Waals surface area (Å²) in [6.45, 7) is 2.79. The lowest BCUT2D eigenvalue weighted by Crippen LogP contribution is -2.44. The molecule has 1 atom stereocenters. The van der Waals surface area contributed by atoms with Gasteiger partial charge in [-0.2, -0.15) is 16.4 Å². The number of aromatic nitrogens is 2. The quantitative estimate of drug-likeness (QED) is 0.793. The van der Waals surface area contributed by atoms with Crippen molar-refractivity contribution in [2.24, 2.45) is 0 Å². The maximum Gasteiger partial charge on any atom is 0.247 e. The molecule has 0 N–H and O–H groups in total.